The Morgan fingerprint density at radius 2 is 1.70 bits per heavy atom. The number of benzene rings is 1. The van der Waals surface area contributed by atoms with Crippen LogP contribution in [0.2, 0.25) is 0 Å². The molecule has 0 aromatic heterocycles. The van der Waals surface area contributed by atoms with Crippen molar-refractivity contribution in [1.82, 2.24) is 15.6 Å². The summed E-state index contributed by atoms with van der Waals surface area (Å²) < 4.78 is 24.4. The van der Waals surface area contributed by atoms with Gasteiger partial charge in [0.15, 0.2) is 0 Å². The molecular formula is C15H21N3O4S. The van der Waals surface area contributed by atoms with Crippen LogP contribution in [0.5, 0.6) is 0 Å². The second-order valence-corrected chi connectivity index (χ2v) is 7.51. The predicted molar refractivity (Wildman–Crippen MR) is 84.8 cm³/mol. The van der Waals surface area contributed by atoms with Crippen LogP contribution in [0.25, 0.3) is 0 Å². The maximum atomic E-state index is 12.2. The molecule has 126 valence electrons. The van der Waals surface area contributed by atoms with Gasteiger partial charge in [0.25, 0.3) is 10.0 Å². The Morgan fingerprint density at radius 1 is 1.04 bits per heavy atom. The fourth-order valence-corrected chi connectivity index (χ4v) is 3.32. The lowest BCUT2D eigenvalue weighted by molar-refractivity contribution is -0.139. The van der Waals surface area contributed by atoms with Crippen LogP contribution in [0.1, 0.15) is 37.8 Å². The molecule has 2 rings (SSSR count). The Labute approximate surface area is 135 Å². The standard InChI is InChI=1S/C15H21N3O4S/c1-10(2)16-14(19)15(20)17-18-23(21,22)13-8-7-11-5-3-4-6-12(11)9-13/h7-10,18H,3-6H2,1-2H3,(H,16,19)(H,17,20). The van der Waals surface area contributed by atoms with Crippen LogP contribution in [0.3, 0.4) is 0 Å². The molecule has 1 aliphatic carbocycles. The van der Waals surface area contributed by atoms with E-state index in [9.17, 15) is 18.0 Å². The number of hydrogen-bond acceptors (Lipinski definition) is 4. The summed E-state index contributed by atoms with van der Waals surface area (Å²) in [5.41, 5.74) is 4.10. The molecule has 0 radical (unpaired) electrons. The number of carbonyl (C=O) groups is 2. The molecule has 8 heteroatoms. The smallest absolute Gasteiger partial charge is 0.324 e. The quantitative estimate of drug-likeness (QED) is 0.545. The molecular weight excluding hydrogens is 318 g/mol. The number of nitrogens with one attached hydrogen (secondary N) is 3. The highest BCUT2D eigenvalue weighted by atomic mass is 32.2. The summed E-state index contributed by atoms with van der Waals surface area (Å²) in [7, 11) is -3.91. The van der Waals surface area contributed by atoms with Crippen LogP contribution in [0.15, 0.2) is 23.1 Å². The number of aryl methyl sites for hydroxylation is 2. The van der Waals surface area contributed by atoms with Crippen molar-refractivity contribution >= 4 is 21.8 Å². The number of rotatable bonds is 4. The van der Waals surface area contributed by atoms with Gasteiger partial charge in [-0.15, -0.1) is 4.83 Å². The second-order valence-electron chi connectivity index (χ2n) is 5.83. The average Bonchev–Trinajstić information content (AvgIpc) is 2.51. The minimum Gasteiger partial charge on any atom is -0.346 e. The van der Waals surface area contributed by atoms with E-state index in [0.29, 0.717) is 0 Å². The highest BCUT2D eigenvalue weighted by molar-refractivity contribution is 7.89. The summed E-state index contributed by atoms with van der Waals surface area (Å²) >= 11 is 0. The molecule has 0 heterocycles. The first-order valence-corrected chi connectivity index (χ1v) is 9.02. The van der Waals surface area contributed by atoms with Crippen molar-refractivity contribution in [2.75, 3.05) is 0 Å². The van der Waals surface area contributed by atoms with Gasteiger partial charge >= 0.3 is 11.8 Å². The lowest BCUT2D eigenvalue weighted by Crippen LogP contribution is -2.49. The van der Waals surface area contributed by atoms with Gasteiger partial charge in [0.1, 0.15) is 0 Å². The van der Waals surface area contributed by atoms with E-state index in [1.807, 2.05) is 10.3 Å². The first-order valence-electron chi connectivity index (χ1n) is 7.54. The predicted octanol–water partition coefficient (Wildman–Crippen LogP) is 0.399. The summed E-state index contributed by atoms with van der Waals surface area (Å²) in [6.07, 6.45) is 3.95. The van der Waals surface area contributed by atoms with Crippen molar-refractivity contribution in [2.45, 2.75) is 50.5 Å². The molecule has 23 heavy (non-hydrogen) atoms. The zero-order valence-corrected chi connectivity index (χ0v) is 14.0. The number of amides is 2. The molecule has 1 aromatic rings. The molecule has 2 amide bonds. The summed E-state index contributed by atoms with van der Waals surface area (Å²) in [6.45, 7) is 3.39. The van der Waals surface area contributed by atoms with Gasteiger partial charge in [-0.2, -0.15) is 0 Å². The molecule has 0 bridgehead atoms. The van der Waals surface area contributed by atoms with Crippen LogP contribution in [-0.4, -0.2) is 26.3 Å². The molecule has 3 N–H and O–H groups in total. The van der Waals surface area contributed by atoms with Crippen molar-refractivity contribution in [2.24, 2.45) is 0 Å². The maximum Gasteiger partial charge on any atom is 0.324 e. The van der Waals surface area contributed by atoms with Crippen LogP contribution in [0.4, 0.5) is 0 Å². The highest BCUT2D eigenvalue weighted by Crippen LogP contribution is 2.23. The van der Waals surface area contributed by atoms with Gasteiger partial charge in [0.05, 0.1) is 4.90 Å². The van der Waals surface area contributed by atoms with Gasteiger partial charge in [-0.3, -0.25) is 15.0 Å². The summed E-state index contributed by atoms with van der Waals surface area (Å²) in [5, 5.41) is 2.37. The summed E-state index contributed by atoms with van der Waals surface area (Å²) in [6, 6.07) is 4.71. The second kappa shape index (κ2) is 7.10. The zero-order valence-electron chi connectivity index (χ0n) is 13.2. The first kappa shape index (κ1) is 17.4. The average molecular weight is 339 g/mol. The number of hydrogen-bond donors (Lipinski definition) is 3. The minimum absolute atomic E-state index is 0.0720. The van der Waals surface area contributed by atoms with E-state index < -0.39 is 21.8 Å². The largest absolute Gasteiger partial charge is 0.346 e. The van der Waals surface area contributed by atoms with Gasteiger partial charge in [-0.25, -0.2) is 8.42 Å². The molecule has 0 saturated heterocycles. The molecule has 0 atom stereocenters. The van der Waals surface area contributed by atoms with E-state index in [0.717, 1.165) is 36.8 Å². The molecule has 7 nitrogen and oxygen atoms in total. The zero-order chi connectivity index (χ0) is 17.0. The van der Waals surface area contributed by atoms with Crippen LogP contribution >= 0.6 is 0 Å². The normalized spacial score (nSPS) is 14.2. The van der Waals surface area contributed by atoms with Crippen molar-refractivity contribution in [3.8, 4) is 0 Å². The van der Waals surface area contributed by atoms with Gasteiger partial charge in [0.2, 0.25) is 0 Å². The van der Waals surface area contributed by atoms with Crippen LogP contribution in [-0.2, 0) is 32.5 Å². The van der Waals surface area contributed by atoms with E-state index in [2.05, 4.69) is 5.32 Å². The van der Waals surface area contributed by atoms with E-state index in [4.69, 9.17) is 0 Å². The third-order valence-corrected chi connectivity index (χ3v) is 4.80. The first-order chi connectivity index (χ1) is 10.8. The summed E-state index contributed by atoms with van der Waals surface area (Å²) in [5.74, 6) is -1.95. The van der Waals surface area contributed by atoms with Gasteiger partial charge in [-0.05, 0) is 62.8 Å². The molecule has 1 aromatic carbocycles. The molecule has 1 aliphatic rings. The summed E-state index contributed by atoms with van der Waals surface area (Å²) in [4.78, 5) is 25.0. The fraction of sp³-hybridized carbons (Fsp3) is 0.467. The van der Waals surface area contributed by atoms with Gasteiger partial charge in [0, 0.05) is 6.04 Å². The van der Waals surface area contributed by atoms with Crippen molar-refractivity contribution in [3.05, 3.63) is 29.3 Å². The monoisotopic (exact) mass is 339 g/mol. The van der Waals surface area contributed by atoms with Crippen LogP contribution < -0.4 is 15.6 Å². The van der Waals surface area contributed by atoms with Crippen molar-refractivity contribution < 1.29 is 18.0 Å². The molecule has 0 aliphatic heterocycles. The Bertz CT molecular complexity index is 713. The third kappa shape index (κ3) is 4.52. The molecule has 0 saturated carbocycles. The lowest BCUT2D eigenvalue weighted by Gasteiger charge is -2.17. The van der Waals surface area contributed by atoms with Gasteiger partial charge < -0.3 is 5.32 Å². The molecule has 0 spiro atoms. The molecule has 0 unspecified atom stereocenters. The Balaban J connectivity index is 2.04. The van der Waals surface area contributed by atoms with E-state index in [1.165, 1.54) is 6.07 Å². The maximum absolute atomic E-state index is 12.2. The SMILES string of the molecule is CC(C)NC(=O)C(=O)NNS(=O)(=O)c1ccc2c(c1)CCCC2. The topological polar surface area (TPSA) is 104 Å². The van der Waals surface area contributed by atoms with E-state index in [1.54, 1.807) is 26.0 Å². The Morgan fingerprint density at radius 3 is 2.35 bits per heavy atom. The molecule has 0 fully saturated rings. The highest BCUT2D eigenvalue weighted by Gasteiger charge is 2.20. The van der Waals surface area contributed by atoms with Crippen molar-refractivity contribution in [3.63, 3.8) is 0 Å². The lowest BCUT2D eigenvalue weighted by atomic mass is 9.92. The third-order valence-electron chi connectivity index (χ3n) is 3.56. The number of hydrazine groups is 1. The Kier molecular flexibility index (Phi) is 5.38. The van der Waals surface area contributed by atoms with E-state index >= 15 is 0 Å². The minimum atomic E-state index is -3.91. The van der Waals surface area contributed by atoms with E-state index in [-0.39, 0.29) is 10.9 Å². The Hall–Kier alpha value is -1.93. The fourth-order valence-electron chi connectivity index (χ4n) is 2.43. The van der Waals surface area contributed by atoms with Gasteiger partial charge in [-0.1, -0.05) is 6.07 Å². The number of carbonyl (C=O) groups excluding carboxylic acids is 2. The number of sulfonamides is 1. The number of fused-ring (bicyclic) bond motifs is 1. The van der Waals surface area contributed by atoms with Crippen LogP contribution in [0, 0.1) is 0 Å². The van der Waals surface area contributed by atoms with Crippen molar-refractivity contribution in [1.29, 1.82) is 0 Å².